The van der Waals surface area contributed by atoms with E-state index in [9.17, 15) is 0 Å². The molecule has 0 saturated heterocycles. The van der Waals surface area contributed by atoms with E-state index in [2.05, 4.69) is 23.0 Å². The zero-order valence-corrected chi connectivity index (χ0v) is 9.75. The molecular weight excluding hydrogens is 186 g/mol. The quantitative estimate of drug-likeness (QED) is 0.822. The van der Waals surface area contributed by atoms with E-state index in [-0.39, 0.29) is 0 Å². The molecule has 0 aromatic carbocycles. The lowest BCUT2D eigenvalue weighted by atomic mass is 10.1. The molecule has 0 aliphatic heterocycles. The molecule has 2 rings (SSSR count). The standard InChI is InChI=1S/C12H19N3/c1-4-9-7-10(8-5-6-8)15-11(14-9)12(2,3)13/h7-8H,4-6,13H2,1-3H3. The molecule has 3 nitrogen and oxygen atoms in total. The van der Waals surface area contributed by atoms with Gasteiger partial charge in [-0.25, -0.2) is 9.97 Å². The van der Waals surface area contributed by atoms with Crippen molar-refractivity contribution in [2.24, 2.45) is 5.73 Å². The molecule has 1 saturated carbocycles. The Morgan fingerprint density at radius 1 is 1.40 bits per heavy atom. The van der Waals surface area contributed by atoms with Gasteiger partial charge >= 0.3 is 0 Å². The highest BCUT2D eigenvalue weighted by Gasteiger charge is 2.28. The first-order chi connectivity index (χ1) is 7.00. The van der Waals surface area contributed by atoms with Crippen molar-refractivity contribution in [2.75, 3.05) is 0 Å². The van der Waals surface area contributed by atoms with Crippen molar-refractivity contribution < 1.29 is 0 Å². The minimum Gasteiger partial charge on any atom is -0.319 e. The van der Waals surface area contributed by atoms with Crippen LogP contribution in [-0.4, -0.2) is 9.97 Å². The summed E-state index contributed by atoms with van der Waals surface area (Å²) in [5, 5.41) is 0. The van der Waals surface area contributed by atoms with Crippen molar-refractivity contribution in [2.45, 2.75) is 51.5 Å². The van der Waals surface area contributed by atoms with E-state index in [0.29, 0.717) is 5.92 Å². The van der Waals surface area contributed by atoms with E-state index in [4.69, 9.17) is 5.73 Å². The lowest BCUT2D eigenvalue weighted by molar-refractivity contribution is 0.507. The van der Waals surface area contributed by atoms with Crippen LogP contribution in [0.1, 0.15) is 56.7 Å². The monoisotopic (exact) mass is 205 g/mol. The lowest BCUT2D eigenvalue weighted by Gasteiger charge is -2.18. The van der Waals surface area contributed by atoms with Crippen LogP contribution in [0.4, 0.5) is 0 Å². The molecule has 2 N–H and O–H groups in total. The summed E-state index contributed by atoms with van der Waals surface area (Å²) in [6.07, 6.45) is 3.49. The van der Waals surface area contributed by atoms with E-state index < -0.39 is 5.54 Å². The predicted octanol–water partition coefficient (Wildman–Crippen LogP) is 2.11. The maximum absolute atomic E-state index is 6.04. The number of hydrogen-bond donors (Lipinski definition) is 1. The summed E-state index contributed by atoms with van der Waals surface area (Å²) in [7, 11) is 0. The van der Waals surface area contributed by atoms with Gasteiger partial charge in [-0.1, -0.05) is 6.92 Å². The Morgan fingerprint density at radius 2 is 2.07 bits per heavy atom. The molecule has 1 aromatic heterocycles. The maximum atomic E-state index is 6.04. The van der Waals surface area contributed by atoms with Gasteiger partial charge in [0, 0.05) is 17.3 Å². The minimum atomic E-state index is -0.436. The molecule has 1 fully saturated rings. The Labute approximate surface area is 91.1 Å². The highest BCUT2D eigenvalue weighted by atomic mass is 15.0. The normalized spacial score (nSPS) is 16.8. The molecule has 3 heteroatoms. The Kier molecular flexibility index (Phi) is 2.51. The Morgan fingerprint density at radius 3 is 2.53 bits per heavy atom. The van der Waals surface area contributed by atoms with Crippen LogP contribution in [0, 0.1) is 0 Å². The number of hydrogen-bond acceptors (Lipinski definition) is 3. The maximum Gasteiger partial charge on any atom is 0.148 e. The first-order valence-electron chi connectivity index (χ1n) is 5.68. The van der Waals surface area contributed by atoms with Gasteiger partial charge in [-0.05, 0) is 39.2 Å². The van der Waals surface area contributed by atoms with Crippen LogP contribution in [0.5, 0.6) is 0 Å². The summed E-state index contributed by atoms with van der Waals surface area (Å²) in [5.41, 5.74) is 7.91. The number of rotatable bonds is 3. The molecule has 1 heterocycles. The molecule has 0 amide bonds. The van der Waals surface area contributed by atoms with Crippen LogP contribution in [-0.2, 0) is 12.0 Å². The summed E-state index contributed by atoms with van der Waals surface area (Å²) in [4.78, 5) is 9.08. The van der Waals surface area contributed by atoms with Crippen LogP contribution < -0.4 is 5.73 Å². The zero-order chi connectivity index (χ0) is 11.1. The molecule has 0 atom stereocenters. The zero-order valence-electron chi connectivity index (χ0n) is 9.75. The molecule has 0 spiro atoms. The Balaban J connectivity index is 2.41. The topological polar surface area (TPSA) is 51.8 Å². The molecule has 1 aromatic rings. The van der Waals surface area contributed by atoms with Gasteiger partial charge in [-0.15, -0.1) is 0 Å². The molecule has 0 radical (unpaired) electrons. The van der Waals surface area contributed by atoms with Crippen LogP contribution >= 0.6 is 0 Å². The lowest BCUT2D eigenvalue weighted by Crippen LogP contribution is -2.32. The fraction of sp³-hybridized carbons (Fsp3) is 0.667. The second-order valence-electron chi connectivity index (χ2n) is 4.96. The van der Waals surface area contributed by atoms with E-state index in [1.54, 1.807) is 0 Å². The van der Waals surface area contributed by atoms with E-state index >= 15 is 0 Å². The largest absolute Gasteiger partial charge is 0.319 e. The fourth-order valence-electron chi connectivity index (χ4n) is 1.58. The van der Waals surface area contributed by atoms with E-state index in [1.807, 2.05) is 13.8 Å². The van der Waals surface area contributed by atoms with Crippen LogP contribution in [0.2, 0.25) is 0 Å². The summed E-state index contributed by atoms with van der Waals surface area (Å²) in [6.45, 7) is 6.03. The van der Waals surface area contributed by atoms with Crippen molar-refractivity contribution in [3.63, 3.8) is 0 Å². The second kappa shape index (κ2) is 3.56. The summed E-state index contributed by atoms with van der Waals surface area (Å²) >= 11 is 0. The fourth-order valence-corrected chi connectivity index (χ4v) is 1.58. The van der Waals surface area contributed by atoms with Gasteiger partial charge in [0.25, 0.3) is 0 Å². The van der Waals surface area contributed by atoms with Crippen molar-refractivity contribution in [1.29, 1.82) is 0 Å². The van der Waals surface area contributed by atoms with E-state index in [0.717, 1.165) is 17.9 Å². The molecule has 0 unspecified atom stereocenters. The third kappa shape index (κ3) is 2.34. The van der Waals surface area contributed by atoms with Gasteiger partial charge < -0.3 is 5.73 Å². The van der Waals surface area contributed by atoms with Gasteiger partial charge in [-0.3, -0.25) is 0 Å². The first-order valence-corrected chi connectivity index (χ1v) is 5.68. The third-order valence-corrected chi connectivity index (χ3v) is 2.73. The van der Waals surface area contributed by atoms with Gasteiger partial charge in [0.05, 0.1) is 5.54 Å². The van der Waals surface area contributed by atoms with Crippen molar-refractivity contribution in [3.05, 3.63) is 23.3 Å². The van der Waals surface area contributed by atoms with Crippen molar-refractivity contribution in [1.82, 2.24) is 9.97 Å². The number of nitrogens with two attached hydrogens (primary N) is 1. The first kappa shape index (κ1) is 10.6. The highest BCUT2D eigenvalue weighted by Crippen LogP contribution is 2.39. The van der Waals surface area contributed by atoms with Gasteiger partial charge in [0.1, 0.15) is 5.82 Å². The van der Waals surface area contributed by atoms with Crippen LogP contribution in [0.3, 0.4) is 0 Å². The number of aromatic nitrogens is 2. The third-order valence-electron chi connectivity index (χ3n) is 2.73. The minimum absolute atomic E-state index is 0.436. The Hall–Kier alpha value is -0.960. The van der Waals surface area contributed by atoms with Crippen molar-refractivity contribution in [3.8, 4) is 0 Å². The van der Waals surface area contributed by atoms with Crippen molar-refractivity contribution >= 4 is 0 Å². The number of aryl methyl sites for hydroxylation is 1. The molecule has 15 heavy (non-hydrogen) atoms. The number of nitrogens with zero attached hydrogens (tertiary/aromatic N) is 2. The predicted molar refractivity (Wildman–Crippen MR) is 60.6 cm³/mol. The molecule has 0 bridgehead atoms. The summed E-state index contributed by atoms with van der Waals surface area (Å²) < 4.78 is 0. The second-order valence-corrected chi connectivity index (χ2v) is 4.96. The highest BCUT2D eigenvalue weighted by molar-refractivity contribution is 5.21. The van der Waals surface area contributed by atoms with Gasteiger partial charge in [0.2, 0.25) is 0 Å². The Bertz CT molecular complexity index is 362. The SMILES string of the molecule is CCc1cc(C2CC2)nc(C(C)(C)N)n1. The molecule has 1 aliphatic carbocycles. The molecular formula is C12H19N3. The smallest absolute Gasteiger partial charge is 0.148 e. The van der Waals surface area contributed by atoms with Crippen LogP contribution in [0.25, 0.3) is 0 Å². The van der Waals surface area contributed by atoms with Crippen LogP contribution in [0.15, 0.2) is 6.07 Å². The van der Waals surface area contributed by atoms with E-state index in [1.165, 1.54) is 18.5 Å². The molecule has 1 aliphatic rings. The molecule has 82 valence electrons. The summed E-state index contributed by atoms with van der Waals surface area (Å²) in [6, 6.07) is 2.13. The average molecular weight is 205 g/mol. The van der Waals surface area contributed by atoms with Gasteiger partial charge in [0.15, 0.2) is 0 Å². The average Bonchev–Trinajstić information content (AvgIpc) is 2.99. The summed E-state index contributed by atoms with van der Waals surface area (Å²) in [5.74, 6) is 1.45. The van der Waals surface area contributed by atoms with Gasteiger partial charge in [-0.2, -0.15) is 0 Å².